The minimum absolute atomic E-state index is 0.166. The Morgan fingerprint density at radius 1 is 1.09 bits per heavy atom. The van der Waals surface area contributed by atoms with E-state index in [-0.39, 0.29) is 5.49 Å². The van der Waals surface area contributed by atoms with Crippen LogP contribution in [0.25, 0.3) is 10.9 Å². The van der Waals surface area contributed by atoms with Crippen LogP contribution >= 0.6 is 0 Å². The second kappa shape index (κ2) is 6.81. The average molecular weight is 314 g/mol. The maximum Gasteiger partial charge on any atom is 0.299 e. The predicted octanol–water partition coefficient (Wildman–Crippen LogP) is 1.99. The summed E-state index contributed by atoms with van der Waals surface area (Å²) in [5, 5.41) is 13.2. The maximum absolute atomic E-state index is 12.4. The third kappa shape index (κ3) is 3.06. The van der Waals surface area contributed by atoms with Gasteiger partial charge >= 0.3 is 0 Å². The molecule has 1 N–H and O–H groups in total. The van der Waals surface area contributed by atoms with Crippen molar-refractivity contribution in [2.45, 2.75) is 32.1 Å². The largest absolute Gasteiger partial charge is 0.409 e. The molecule has 0 aliphatic carbocycles. The third-order valence-corrected chi connectivity index (χ3v) is 4.46. The van der Waals surface area contributed by atoms with Crippen LogP contribution in [-0.2, 0) is 7.05 Å². The van der Waals surface area contributed by atoms with Crippen LogP contribution in [0, 0.1) is 0 Å². The van der Waals surface area contributed by atoms with E-state index >= 15 is 0 Å². The summed E-state index contributed by atoms with van der Waals surface area (Å²) in [5.74, 6) is 0.730. The molecule has 122 valence electrons. The number of hydrogen-bond donors (Lipinski definition) is 1. The SMILES string of the molecule is Cn1c(=O)c(=NO)nc(N2CCCCCCC2)c2ccccc21. The van der Waals surface area contributed by atoms with Crippen LogP contribution < -0.4 is 15.9 Å². The molecule has 6 heteroatoms. The Labute approximate surface area is 134 Å². The molecule has 1 aromatic heterocycles. The number of nitrogens with zero attached hydrogens (tertiary/aromatic N) is 4. The fraction of sp³-hybridized carbons (Fsp3) is 0.471. The topological polar surface area (TPSA) is 70.7 Å². The minimum atomic E-state index is -0.401. The number of fused-ring (bicyclic) bond motifs is 1. The van der Waals surface area contributed by atoms with Gasteiger partial charge in [0.1, 0.15) is 5.82 Å². The highest BCUT2D eigenvalue weighted by molar-refractivity contribution is 5.89. The van der Waals surface area contributed by atoms with Crippen molar-refractivity contribution < 1.29 is 5.21 Å². The van der Waals surface area contributed by atoms with E-state index in [2.05, 4.69) is 15.0 Å². The van der Waals surface area contributed by atoms with Crippen molar-refractivity contribution in [3.63, 3.8) is 0 Å². The molecular formula is C17H22N4O2. The molecule has 0 spiro atoms. The zero-order valence-electron chi connectivity index (χ0n) is 13.4. The van der Waals surface area contributed by atoms with E-state index in [0.29, 0.717) is 0 Å². The monoisotopic (exact) mass is 314 g/mol. The van der Waals surface area contributed by atoms with E-state index in [4.69, 9.17) is 0 Å². The van der Waals surface area contributed by atoms with Gasteiger partial charge in [0.15, 0.2) is 0 Å². The Balaban J connectivity index is 2.29. The van der Waals surface area contributed by atoms with E-state index in [1.54, 1.807) is 7.05 Å². The van der Waals surface area contributed by atoms with Gasteiger partial charge in [-0.3, -0.25) is 4.79 Å². The molecule has 0 saturated carbocycles. The summed E-state index contributed by atoms with van der Waals surface area (Å²) < 4.78 is 1.49. The summed E-state index contributed by atoms with van der Waals surface area (Å²) in [5.41, 5.74) is 0.222. The fourth-order valence-electron chi connectivity index (χ4n) is 3.19. The molecule has 2 aromatic rings. The summed E-state index contributed by atoms with van der Waals surface area (Å²) >= 11 is 0. The molecule has 0 radical (unpaired) electrons. The fourth-order valence-corrected chi connectivity index (χ4v) is 3.19. The van der Waals surface area contributed by atoms with Crippen molar-refractivity contribution in [3.8, 4) is 0 Å². The zero-order valence-corrected chi connectivity index (χ0v) is 13.4. The minimum Gasteiger partial charge on any atom is -0.409 e. The number of hydrogen-bond acceptors (Lipinski definition) is 5. The Bertz CT molecular complexity index is 821. The van der Waals surface area contributed by atoms with Gasteiger partial charge in [0, 0.05) is 25.5 Å². The average Bonchev–Trinajstić information content (AvgIpc) is 2.65. The summed E-state index contributed by atoms with van der Waals surface area (Å²) in [7, 11) is 1.68. The Morgan fingerprint density at radius 3 is 2.43 bits per heavy atom. The van der Waals surface area contributed by atoms with Crippen molar-refractivity contribution in [2.24, 2.45) is 12.2 Å². The van der Waals surface area contributed by atoms with Crippen molar-refractivity contribution in [1.29, 1.82) is 0 Å². The first-order valence-electron chi connectivity index (χ1n) is 8.15. The van der Waals surface area contributed by atoms with Gasteiger partial charge in [0.25, 0.3) is 11.0 Å². The zero-order chi connectivity index (χ0) is 16.2. The molecule has 2 heterocycles. The summed E-state index contributed by atoms with van der Waals surface area (Å²) in [4.78, 5) is 19.0. The number of benzene rings is 1. The molecule has 3 rings (SSSR count). The highest BCUT2D eigenvalue weighted by Gasteiger charge is 2.15. The first kappa shape index (κ1) is 15.5. The molecule has 1 fully saturated rings. The number of anilines is 1. The summed E-state index contributed by atoms with van der Waals surface area (Å²) in [6.45, 7) is 1.81. The van der Waals surface area contributed by atoms with Gasteiger partial charge in [-0.25, -0.2) is 4.98 Å². The summed E-state index contributed by atoms with van der Waals surface area (Å²) in [6.07, 6.45) is 5.92. The lowest BCUT2D eigenvalue weighted by Crippen LogP contribution is -2.34. The smallest absolute Gasteiger partial charge is 0.299 e. The molecule has 0 bridgehead atoms. The third-order valence-electron chi connectivity index (χ3n) is 4.46. The van der Waals surface area contributed by atoms with E-state index in [0.717, 1.165) is 42.7 Å². The number of aromatic nitrogens is 2. The van der Waals surface area contributed by atoms with Crippen LogP contribution in [0.15, 0.2) is 34.2 Å². The lowest BCUT2D eigenvalue weighted by molar-refractivity contribution is 0.297. The van der Waals surface area contributed by atoms with Crippen molar-refractivity contribution in [1.82, 2.24) is 9.55 Å². The van der Waals surface area contributed by atoms with Gasteiger partial charge in [-0.2, -0.15) is 0 Å². The van der Waals surface area contributed by atoms with Crippen molar-refractivity contribution in [2.75, 3.05) is 18.0 Å². The standard InChI is InChI=1S/C17H22N4O2/c1-20-14-10-6-5-9-13(14)16(18-15(19-23)17(20)22)21-11-7-3-2-4-8-12-21/h5-6,9-10,23H,2-4,7-8,11-12H2,1H3. The van der Waals surface area contributed by atoms with E-state index in [1.807, 2.05) is 24.3 Å². The first-order valence-corrected chi connectivity index (χ1v) is 8.15. The first-order chi connectivity index (χ1) is 11.2. The Morgan fingerprint density at radius 2 is 1.74 bits per heavy atom. The highest BCUT2D eigenvalue weighted by atomic mass is 16.4. The van der Waals surface area contributed by atoms with E-state index in [1.165, 1.54) is 23.8 Å². The number of rotatable bonds is 1. The lowest BCUT2D eigenvalue weighted by Gasteiger charge is -2.26. The van der Waals surface area contributed by atoms with E-state index in [9.17, 15) is 10.0 Å². The molecular weight excluding hydrogens is 292 g/mol. The van der Waals surface area contributed by atoms with Crippen LogP contribution in [0.1, 0.15) is 32.1 Å². The second-order valence-corrected chi connectivity index (χ2v) is 6.00. The predicted molar refractivity (Wildman–Crippen MR) is 89.6 cm³/mol. The molecule has 1 aromatic carbocycles. The molecule has 0 unspecified atom stereocenters. The molecule has 0 amide bonds. The summed E-state index contributed by atoms with van der Waals surface area (Å²) in [6, 6.07) is 7.71. The van der Waals surface area contributed by atoms with E-state index < -0.39 is 5.56 Å². The van der Waals surface area contributed by atoms with Crippen LogP contribution in [0.2, 0.25) is 0 Å². The van der Waals surface area contributed by atoms with Crippen LogP contribution in [0.5, 0.6) is 0 Å². The molecule has 23 heavy (non-hydrogen) atoms. The number of para-hydroxylation sites is 1. The normalized spacial score (nSPS) is 17.1. The molecule has 0 atom stereocenters. The Kier molecular flexibility index (Phi) is 4.60. The lowest BCUT2D eigenvalue weighted by atomic mass is 10.1. The van der Waals surface area contributed by atoms with Gasteiger partial charge in [-0.1, -0.05) is 36.6 Å². The molecule has 1 aliphatic heterocycles. The second-order valence-electron chi connectivity index (χ2n) is 6.00. The molecule has 6 nitrogen and oxygen atoms in total. The van der Waals surface area contributed by atoms with Crippen molar-refractivity contribution in [3.05, 3.63) is 40.1 Å². The van der Waals surface area contributed by atoms with Gasteiger partial charge in [-0.05, 0) is 25.0 Å². The molecule has 1 aliphatic rings. The van der Waals surface area contributed by atoms with Gasteiger partial charge in [-0.15, -0.1) is 0 Å². The molecule has 1 saturated heterocycles. The maximum atomic E-state index is 12.4. The van der Waals surface area contributed by atoms with Crippen LogP contribution in [0.3, 0.4) is 0 Å². The van der Waals surface area contributed by atoms with Gasteiger partial charge in [0.05, 0.1) is 5.52 Å². The number of aryl methyl sites for hydroxylation is 1. The Hall–Kier alpha value is -2.37. The quantitative estimate of drug-likeness (QED) is 0.645. The van der Waals surface area contributed by atoms with Gasteiger partial charge in [0.2, 0.25) is 0 Å². The highest BCUT2D eigenvalue weighted by Crippen LogP contribution is 2.23. The van der Waals surface area contributed by atoms with Crippen LogP contribution in [-0.4, -0.2) is 27.8 Å². The van der Waals surface area contributed by atoms with Crippen molar-refractivity contribution >= 4 is 16.7 Å². The van der Waals surface area contributed by atoms with Gasteiger partial charge < -0.3 is 14.7 Å². The van der Waals surface area contributed by atoms with Crippen LogP contribution in [0.4, 0.5) is 5.82 Å².